The third-order valence-corrected chi connectivity index (χ3v) is 3.09. The number of halogens is 2. The van der Waals surface area contributed by atoms with E-state index in [1.807, 2.05) is 26.0 Å². The van der Waals surface area contributed by atoms with Gasteiger partial charge in [-0.25, -0.2) is 4.98 Å². The lowest BCUT2D eigenvalue weighted by molar-refractivity contribution is 0.0782. The molecule has 0 saturated carbocycles. The van der Waals surface area contributed by atoms with Crippen molar-refractivity contribution in [2.24, 2.45) is 4.99 Å². The molecule has 2 N–H and O–H groups in total. The highest BCUT2D eigenvalue weighted by atomic mass is 127. The molecule has 0 aliphatic rings. The zero-order valence-corrected chi connectivity index (χ0v) is 17.2. The van der Waals surface area contributed by atoms with Crippen LogP contribution in [-0.4, -0.2) is 43.3 Å². The third kappa shape index (κ3) is 11.6. The van der Waals surface area contributed by atoms with Gasteiger partial charge in [0.05, 0.1) is 6.10 Å². The third-order valence-electron chi connectivity index (χ3n) is 2.86. The van der Waals surface area contributed by atoms with E-state index in [1.165, 1.54) is 0 Å². The largest absolute Gasteiger partial charge is 0.379 e. The van der Waals surface area contributed by atoms with Crippen LogP contribution in [0.3, 0.4) is 0 Å². The quantitative estimate of drug-likeness (QED) is 0.198. The first-order valence-corrected chi connectivity index (χ1v) is 8.23. The highest BCUT2D eigenvalue weighted by Crippen LogP contribution is 2.05. The molecular formula is C16H28ClIN4O. The average molecular weight is 455 g/mol. The van der Waals surface area contributed by atoms with Gasteiger partial charge in [0.1, 0.15) is 5.15 Å². The second kappa shape index (κ2) is 13.8. The van der Waals surface area contributed by atoms with Crippen LogP contribution in [0, 0.1) is 0 Å². The minimum absolute atomic E-state index is 0. The predicted octanol–water partition coefficient (Wildman–Crippen LogP) is 3.27. The van der Waals surface area contributed by atoms with E-state index in [0.717, 1.165) is 50.6 Å². The molecule has 0 spiro atoms. The van der Waals surface area contributed by atoms with E-state index < -0.39 is 0 Å². The Morgan fingerprint density at radius 1 is 1.35 bits per heavy atom. The van der Waals surface area contributed by atoms with E-state index in [1.54, 1.807) is 6.20 Å². The Hall–Kier alpha value is -0.600. The monoisotopic (exact) mass is 454 g/mol. The molecule has 0 radical (unpaired) electrons. The van der Waals surface area contributed by atoms with Gasteiger partial charge in [-0.3, -0.25) is 4.99 Å². The lowest BCUT2D eigenvalue weighted by Gasteiger charge is -2.11. The van der Waals surface area contributed by atoms with Gasteiger partial charge in [-0.1, -0.05) is 17.7 Å². The van der Waals surface area contributed by atoms with Crippen molar-refractivity contribution < 1.29 is 4.74 Å². The van der Waals surface area contributed by atoms with Crippen LogP contribution in [0.5, 0.6) is 0 Å². The van der Waals surface area contributed by atoms with Crippen LogP contribution >= 0.6 is 35.6 Å². The van der Waals surface area contributed by atoms with Gasteiger partial charge in [-0.15, -0.1) is 24.0 Å². The summed E-state index contributed by atoms with van der Waals surface area (Å²) in [6.45, 7) is 9.29. The number of hydrogen-bond donors (Lipinski definition) is 2. The molecule has 1 heterocycles. The fourth-order valence-electron chi connectivity index (χ4n) is 1.80. The van der Waals surface area contributed by atoms with Gasteiger partial charge < -0.3 is 15.4 Å². The van der Waals surface area contributed by atoms with Crippen LogP contribution in [0.25, 0.3) is 0 Å². The smallest absolute Gasteiger partial charge is 0.191 e. The van der Waals surface area contributed by atoms with Crippen molar-refractivity contribution in [2.45, 2.75) is 39.7 Å². The van der Waals surface area contributed by atoms with Gasteiger partial charge in [0, 0.05) is 32.4 Å². The van der Waals surface area contributed by atoms with E-state index >= 15 is 0 Å². The second-order valence-electron chi connectivity index (χ2n) is 5.20. The minimum Gasteiger partial charge on any atom is -0.379 e. The number of rotatable bonds is 9. The van der Waals surface area contributed by atoms with Gasteiger partial charge in [0.15, 0.2) is 5.96 Å². The number of aromatic nitrogens is 1. The number of hydrogen-bond acceptors (Lipinski definition) is 3. The normalized spacial score (nSPS) is 11.3. The number of nitrogens with one attached hydrogen (secondary N) is 2. The zero-order valence-electron chi connectivity index (χ0n) is 14.1. The average Bonchev–Trinajstić information content (AvgIpc) is 2.48. The van der Waals surface area contributed by atoms with Gasteiger partial charge >= 0.3 is 0 Å². The molecule has 0 unspecified atom stereocenters. The topological polar surface area (TPSA) is 58.5 Å². The molecule has 0 aromatic carbocycles. The number of guanidine groups is 1. The molecular weight excluding hydrogens is 427 g/mol. The van der Waals surface area contributed by atoms with Crippen LogP contribution < -0.4 is 10.6 Å². The number of pyridine rings is 1. The van der Waals surface area contributed by atoms with Crippen molar-refractivity contribution in [3.05, 3.63) is 29.0 Å². The summed E-state index contributed by atoms with van der Waals surface area (Å²) in [7, 11) is 0. The first-order chi connectivity index (χ1) is 10.6. The molecule has 1 aromatic rings. The van der Waals surface area contributed by atoms with Crippen LogP contribution in [0.1, 0.15) is 32.8 Å². The van der Waals surface area contributed by atoms with Crippen molar-refractivity contribution in [2.75, 3.05) is 26.2 Å². The van der Waals surface area contributed by atoms with E-state index in [2.05, 4.69) is 27.5 Å². The Kier molecular flexibility index (Phi) is 13.4. The molecule has 0 amide bonds. The van der Waals surface area contributed by atoms with Gasteiger partial charge in [0.2, 0.25) is 0 Å². The highest BCUT2D eigenvalue weighted by molar-refractivity contribution is 14.0. The molecule has 7 heteroatoms. The lowest BCUT2D eigenvalue weighted by atomic mass is 10.2. The first-order valence-electron chi connectivity index (χ1n) is 7.86. The van der Waals surface area contributed by atoms with Crippen molar-refractivity contribution in [1.29, 1.82) is 0 Å². The van der Waals surface area contributed by atoms with Gasteiger partial charge in [-0.2, -0.15) is 0 Å². The maximum Gasteiger partial charge on any atom is 0.191 e. The minimum atomic E-state index is 0. The molecule has 0 aliphatic heterocycles. The Bertz CT molecular complexity index is 440. The molecule has 23 heavy (non-hydrogen) atoms. The molecule has 0 bridgehead atoms. The van der Waals surface area contributed by atoms with Crippen molar-refractivity contribution in [3.8, 4) is 0 Å². The molecule has 0 atom stereocenters. The van der Waals surface area contributed by atoms with E-state index in [4.69, 9.17) is 16.3 Å². The number of aliphatic imine (C=N–C) groups is 1. The number of nitrogens with zero attached hydrogens (tertiary/aromatic N) is 2. The molecule has 0 fully saturated rings. The summed E-state index contributed by atoms with van der Waals surface area (Å²) in [5.74, 6) is 0.842. The summed E-state index contributed by atoms with van der Waals surface area (Å²) < 4.78 is 5.50. The van der Waals surface area contributed by atoms with Crippen LogP contribution in [0.2, 0.25) is 5.15 Å². The summed E-state index contributed by atoms with van der Waals surface area (Å²) in [6.07, 6.45) is 3.89. The Morgan fingerprint density at radius 3 is 2.74 bits per heavy atom. The van der Waals surface area contributed by atoms with Crippen LogP contribution in [0.15, 0.2) is 23.3 Å². The van der Waals surface area contributed by atoms with Gasteiger partial charge in [0.25, 0.3) is 0 Å². The molecule has 0 saturated heterocycles. The number of ether oxygens (including phenoxy) is 1. The standard InChI is InChI=1S/C16H27ClN4O.HI/c1-4-18-16(19-9-5-11-22-13(2)3)20-10-8-14-6-7-15(17)21-12-14;/h6-7,12-13H,4-5,8-11H2,1-3H3,(H2,18,19,20);1H. The Morgan fingerprint density at radius 2 is 2.13 bits per heavy atom. The molecule has 132 valence electrons. The fraction of sp³-hybridized carbons (Fsp3) is 0.625. The SMILES string of the molecule is CCNC(=NCCCOC(C)C)NCCc1ccc(Cl)nc1.I. The van der Waals surface area contributed by atoms with E-state index in [9.17, 15) is 0 Å². The lowest BCUT2D eigenvalue weighted by Crippen LogP contribution is -2.38. The first kappa shape index (κ1) is 22.4. The van der Waals surface area contributed by atoms with Crippen molar-refractivity contribution in [3.63, 3.8) is 0 Å². The van der Waals surface area contributed by atoms with E-state index in [0.29, 0.717) is 5.15 Å². The summed E-state index contributed by atoms with van der Waals surface area (Å²) in [6, 6.07) is 3.80. The summed E-state index contributed by atoms with van der Waals surface area (Å²) in [4.78, 5) is 8.61. The predicted molar refractivity (Wildman–Crippen MR) is 108 cm³/mol. The molecule has 1 aromatic heterocycles. The maximum absolute atomic E-state index is 5.77. The van der Waals surface area contributed by atoms with Crippen LogP contribution in [0.4, 0.5) is 0 Å². The molecule has 5 nitrogen and oxygen atoms in total. The molecule has 0 aliphatic carbocycles. The molecule has 1 rings (SSSR count). The van der Waals surface area contributed by atoms with Crippen molar-refractivity contribution >= 4 is 41.5 Å². The highest BCUT2D eigenvalue weighted by Gasteiger charge is 1.99. The summed E-state index contributed by atoms with van der Waals surface area (Å²) in [5.41, 5.74) is 1.15. The summed E-state index contributed by atoms with van der Waals surface area (Å²) in [5, 5.41) is 7.08. The maximum atomic E-state index is 5.77. The van der Waals surface area contributed by atoms with Gasteiger partial charge in [-0.05, 0) is 45.2 Å². The Labute approximate surface area is 161 Å². The van der Waals surface area contributed by atoms with Crippen molar-refractivity contribution in [1.82, 2.24) is 15.6 Å². The van der Waals surface area contributed by atoms with Crippen LogP contribution in [-0.2, 0) is 11.2 Å². The zero-order chi connectivity index (χ0) is 16.2. The fourth-order valence-corrected chi connectivity index (χ4v) is 1.91. The second-order valence-corrected chi connectivity index (χ2v) is 5.59. The Balaban J connectivity index is 0.00000484. The van der Waals surface area contributed by atoms with E-state index in [-0.39, 0.29) is 30.1 Å². The summed E-state index contributed by atoms with van der Waals surface area (Å²) >= 11 is 5.77.